The van der Waals surface area contributed by atoms with Crippen molar-refractivity contribution in [2.24, 2.45) is 0 Å². The maximum Gasteiger partial charge on any atom is 0.387 e. The van der Waals surface area contributed by atoms with Crippen molar-refractivity contribution in [2.75, 3.05) is 40.4 Å². The first-order valence-corrected chi connectivity index (χ1v) is 12.4. The van der Waals surface area contributed by atoms with Crippen LogP contribution in [0.5, 0.6) is 0 Å². The van der Waals surface area contributed by atoms with E-state index in [-0.39, 0.29) is 0 Å². The smallest absolute Gasteiger partial charge is 0.387 e. The summed E-state index contributed by atoms with van der Waals surface area (Å²) >= 11 is 0. The predicted molar refractivity (Wildman–Crippen MR) is 108 cm³/mol. The van der Waals surface area contributed by atoms with Crippen molar-refractivity contribution < 1.29 is 8.85 Å². The SMILES string of the molecule is CCN(CC)C([Si]CCCCCC(C)[Si](OC)OC)N(CC)CC. The third kappa shape index (κ3) is 9.10. The molecule has 24 heavy (non-hydrogen) atoms. The Morgan fingerprint density at radius 3 is 1.75 bits per heavy atom. The summed E-state index contributed by atoms with van der Waals surface area (Å²) in [6, 6.07) is 1.36. The third-order valence-corrected chi connectivity index (χ3v) is 8.40. The maximum atomic E-state index is 5.44. The normalized spacial score (nSPS) is 13.6. The van der Waals surface area contributed by atoms with Gasteiger partial charge in [0.2, 0.25) is 0 Å². The monoisotopic (exact) mass is 373 g/mol. The first-order chi connectivity index (χ1) is 11.6. The predicted octanol–water partition coefficient (Wildman–Crippen LogP) is 3.81. The van der Waals surface area contributed by atoms with Crippen molar-refractivity contribution in [2.45, 2.75) is 77.7 Å². The molecule has 0 aliphatic carbocycles. The van der Waals surface area contributed by atoms with Gasteiger partial charge in [-0.05, 0) is 32.6 Å². The number of hydrogen-bond acceptors (Lipinski definition) is 4. The largest absolute Gasteiger partial charge is 0.397 e. The van der Waals surface area contributed by atoms with Crippen LogP contribution in [0, 0.1) is 0 Å². The zero-order chi connectivity index (χ0) is 18.4. The van der Waals surface area contributed by atoms with Gasteiger partial charge in [-0.1, -0.05) is 59.9 Å². The number of hydrogen-bond donors (Lipinski definition) is 0. The van der Waals surface area contributed by atoms with E-state index in [0.717, 1.165) is 35.7 Å². The van der Waals surface area contributed by atoms with Crippen LogP contribution in [-0.4, -0.2) is 74.8 Å². The Bertz CT molecular complexity index is 262. The van der Waals surface area contributed by atoms with Gasteiger partial charge in [-0.3, -0.25) is 9.80 Å². The fourth-order valence-electron chi connectivity index (χ4n) is 3.22. The number of nitrogens with zero attached hydrogens (tertiary/aromatic N) is 2. The molecule has 0 fully saturated rings. The molecule has 0 amide bonds. The highest BCUT2D eigenvalue weighted by atomic mass is 28.3. The highest BCUT2D eigenvalue weighted by Gasteiger charge is 2.22. The van der Waals surface area contributed by atoms with Gasteiger partial charge in [0, 0.05) is 25.5 Å². The van der Waals surface area contributed by atoms with Crippen molar-refractivity contribution in [3.05, 3.63) is 0 Å². The van der Waals surface area contributed by atoms with E-state index < -0.39 is 9.28 Å². The van der Waals surface area contributed by atoms with Crippen molar-refractivity contribution in [1.29, 1.82) is 0 Å². The van der Waals surface area contributed by atoms with Crippen LogP contribution in [0.1, 0.15) is 60.3 Å². The molecule has 0 saturated heterocycles. The quantitative estimate of drug-likeness (QED) is 0.233. The minimum absolute atomic E-state index is 0.576. The van der Waals surface area contributed by atoms with Gasteiger partial charge in [0.25, 0.3) is 0 Å². The van der Waals surface area contributed by atoms with Gasteiger partial charge in [0.1, 0.15) is 0 Å². The molecule has 0 bridgehead atoms. The average molecular weight is 374 g/mol. The van der Waals surface area contributed by atoms with Crippen LogP contribution in [0.3, 0.4) is 0 Å². The second-order valence-electron chi connectivity index (χ2n) is 6.25. The summed E-state index contributed by atoms with van der Waals surface area (Å²) in [7, 11) is 3.52. The molecule has 143 valence electrons. The lowest BCUT2D eigenvalue weighted by atomic mass is 10.2. The molecule has 6 heteroatoms. The Kier molecular flexibility index (Phi) is 15.7. The second kappa shape index (κ2) is 15.5. The number of unbranched alkanes of at least 4 members (excludes halogenated alkanes) is 2. The third-order valence-electron chi connectivity index (χ3n) is 4.76. The summed E-state index contributed by atoms with van der Waals surface area (Å²) in [5, 5.41) is 0. The van der Waals surface area contributed by atoms with Crippen LogP contribution in [0.25, 0.3) is 0 Å². The molecule has 0 heterocycles. The van der Waals surface area contributed by atoms with Crippen molar-refractivity contribution >= 4 is 18.8 Å². The lowest BCUT2D eigenvalue weighted by Gasteiger charge is -2.38. The fraction of sp³-hybridized carbons (Fsp3) is 1.00. The Morgan fingerprint density at radius 2 is 1.33 bits per heavy atom. The minimum Gasteiger partial charge on any atom is -0.397 e. The van der Waals surface area contributed by atoms with Gasteiger partial charge in [0.05, 0.1) is 9.52 Å². The van der Waals surface area contributed by atoms with Crippen molar-refractivity contribution in [1.82, 2.24) is 9.80 Å². The maximum absolute atomic E-state index is 5.44. The van der Waals surface area contributed by atoms with Gasteiger partial charge in [-0.25, -0.2) is 0 Å². The Morgan fingerprint density at radius 1 is 0.833 bits per heavy atom. The van der Waals surface area contributed by atoms with Gasteiger partial charge in [-0.15, -0.1) is 0 Å². The second-order valence-corrected chi connectivity index (χ2v) is 10.1. The molecule has 3 radical (unpaired) electrons. The molecule has 0 aromatic heterocycles. The molecular weight excluding hydrogens is 332 g/mol. The van der Waals surface area contributed by atoms with E-state index in [1.165, 1.54) is 31.7 Å². The summed E-state index contributed by atoms with van der Waals surface area (Å²) in [5.74, 6) is 0.644. The Hall–Kier alpha value is 0.274. The van der Waals surface area contributed by atoms with Crippen LogP contribution in [0.15, 0.2) is 0 Å². The van der Waals surface area contributed by atoms with Crippen LogP contribution in [-0.2, 0) is 8.85 Å². The topological polar surface area (TPSA) is 24.9 Å². The van der Waals surface area contributed by atoms with Crippen LogP contribution in [0.2, 0.25) is 11.6 Å². The highest BCUT2D eigenvalue weighted by molar-refractivity contribution is 6.46. The van der Waals surface area contributed by atoms with Crippen molar-refractivity contribution in [3.8, 4) is 0 Å². The molecule has 0 aromatic rings. The summed E-state index contributed by atoms with van der Waals surface area (Å²) < 4.78 is 10.9. The summed E-state index contributed by atoms with van der Waals surface area (Å²) in [6.45, 7) is 16.0. The van der Waals surface area contributed by atoms with Crippen LogP contribution in [0.4, 0.5) is 0 Å². The van der Waals surface area contributed by atoms with E-state index in [1.807, 2.05) is 0 Å². The highest BCUT2D eigenvalue weighted by Crippen LogP contribution is 2.20. The first kappa shape index (κ1) is 24.3. The van der Waals surface area contributed by atoms with Gasteiger partial charge >= 0.3 is 9.28 Å². The van der Waals surface area contributed by atoms with E-state index in [0.29, 0.717) is 11.3 Å². The van der Waals surface area contributed by atoms with E-state index in [9.17, 15) is 0 Å². The fourth-order valence-corrected chi connectivity index (χ4v) is 6.59. The molecule has 0 rings (SSSR count). The summed E-state index contributed by atoms with van der Waals surface area (Å²) in [4.78, 5) is 5.25. The van der Waals surface area contributed by atoms with Crippen molar-refractivity contribution in [3.63, 3.8) is 0 Å². The number of rotatable bonds is 16. The Labute approximate surface area is 155 Å². The molecular formula is C18H41N2O2Si2. The van der Waals surface area contributed by atoms with Crippen LogP contribution >= 0.6 is 0 Å². The van der Waals surface area contributed by atoms with E-state index in [4.69, 9.17) is 8.85 Å². The average Bonchev–Trinajstić information content (AvgIpc) is 2.60. The summed E-state index contributed by atoms with van der Waals surface area (Å²) in [6.07, 6.45) is 5.22. The summed E-state index contributed by atoms with van der Waals surface area (Å²) in [5.41, 5.74) is 0.576. The first-order valence-electron chi connectivity index (χ1n) is 9.75. The molecule has 0 aliphatic rings. The van der Waals surface area contributed by atoms with Crippen LogP contribution < -0.4 is 0 Å². The standard InChI is InChI=1S/C18H41N2O2Si2/c1-8-19(9-2)18(20(10-3)11-4)23-16-14-12-13-15-17(5)24(21-6)22-7/h17-18H,8-16H2,1-7H3. The zero-order valence-corrected chi connectivity index (χ0v) is 19.2. The Balaban J connectivity index is 4.11. The molecule has 1 atom stereocenters. The van der Waals surface area contributed by atoms with Gasteiger partial charge < -0.3 is 8.85 Å². The molecule has 0 saturated carbocycles. The minimum atomic E-state index is -1.05. The van der Waals surface area contributed by atoms with Gasteiger partial charge in [-0.2, -0.15) is 0 Å². The van der Waals surface area contributed by atoms with E-state index in [1.54, 1.807) is 14.2 Å². The van der Waals surface area contributed by atoms with E-state index in [2.05, 4.69) is 44.4 Å². The van der Waals surface area contributed by atoms with Gasteiger partial charge in [0.15, 0.2) is 0 Å². The molecule has 0 spiro atoms. The molecule has 1 unspecified atom stereocenters. The van der Waals surface area contributed by atoms with E-state index >= 15 is 0 Å². The lowest BCUT2D eigenvalue weighted by molar-refractivity contribution is 0.114. The molecule has 0 aliphatic heterocycles. The zero-order valence-electron chi connectivity index (χ0n) is 17.2. The lowest BCUT2D eigenvalue weighted by Crippen LogP contribution is -2.51. The molecule has 0 aromatic carbocycles. The molecule has 0 N–H and O–H groups in total. The molecule has 4 nitrogen and oxygen atoms in total.